The quantitative estimate of drug-likeness (QED) is 0.387. The van der Waals surface area contributed by atoms with Crippen LogP contribution in [0, 0.1) is 0 Å². The van der Waals surface area contributed by atoms with Crippen LogP contribution in [0.25, 0.3) is 0 Å². The predicted molar refractivity (Wildman–Crippen MR) is 47.7 cm³/mol. The highest BCUT2D eigenvalue weighted by Gasteiger charge is 1.94. The van der Waals surface area contributed by atoms with Crippen LogP contribution in [-0.2, 0) is 4.79 Å². The van der Waals surface area contributed by atoms with Gasteiger partial charge in [-0.2, -0.15) is 0 Å². The number of carbonyl (C=O) groups is 1. The summed E-state index contributed by atoms with van der Waals surface area (Å²) in [6.45, 7) is 0. The number of rotatable bonds is 6. The summed E-state index contributed by atoms with van der Waals surface area (Å²) >= 11 is 8.35. The van der Waals surface area contributed by atoms with Crippen molar-refractivity contribution in [2.75, 3.05) is 5.88 Å². The summed E-state index contributed by atoms with van der Waals surface area (Å²) in [5.74, 6) is 0.738. The van der Waals surface area contributed by atoms with E-state index >= 15 is 0 Å². The van der Waals surface area contributed by atoms with Gasteiger partial charge in [0.15, 0.2) is 4.69 Å². The van der Waals surface area contributed by atoms with Gasteiger partial charge < -0.3 is 0 Å². The van der Waals surface area contributed by atoms with Gasteiger partial charge in [0.25, 0.3) is 0 Å². The zero-order valence-corrected chi connectivity index (χ0v) is 8.25. The Morgan fingerprint density at radius 3 is 2.30 bits per heavy atom. The number of hydrogen-bond acceptors (Lipinski definition) is 1. The number of unbranched alkanes of at least 4 members (excludes halogenated alkanes) is 3. The van der Waals surface area contributed by atoms with Gasteiger partial charge in [-0.05, 0) is 28.8 Å². The first kappa shape index (κ1) is 10.4. The lowest BCUT2D eigenvalue weighted by Gasteiger charge is -1.94. The maximum Gasteiger partial charge on any atom is 0.197 e. The van der Waals surface area contributed by atoms with Crippen molar-refractivity contribution in [3.8, 4) is 0 Å². The van der Waals surface area contributed by atoms with Crippen LogP contribution in [0.4, 0.5) is 0 Å². The molecule has 0 aliphatic carbocycles. The molecule has 0 aliphatic heterocycles. The van der Waals surface area contributed by atoms with Crippen molar-refractivity contribution >= 4 is 32.2 Å². The number of hydrogen-bond donors (Lipinski definition) is 0. The third-order valence-electron chi connectivity index (χ3n) is 1.26. The first-order chi connectivity index (χ1) is 4.77. The van der Waals surface area contributed by atoms with Gasteiger partial charge in [0.2, 0.25) is 0 Å². The van der Waals surface area contributed by atoms with Gasteiger partial charge in [-0.3, -0.25) is 4.79 Å². The summed E-state index contributed by atoms with van der Waals surface area (Å²) in [4.78, 5) is 10.4. The van der Waals surface area contributed by atoms with E-state index in [4.69, 9.17) is 11.6 Å². The topological polar surface area (TPSA) is 17.1 Å². The Kier molecular flexibility index (Phi) is 7.88. The fourth-order valence-electron chi connectivity index (χ4n) is 0.712. The third-order valence-corrected chi connectivity index (χ3v) is 1.92. The molecule has 0 N–H and O–H groups in total. The summed E-state index contributed by atoms with van der Waals surface area (Å²) in [5.41, 5.74) is 0. The second kappa shape index (κ2) is 7.55. The molecule has 0 aromatic rings. The molecule has 0 aromatic heterocycles. The Labute approximate surface area is 75.3 Å². The molecule has 0 heterocycles. The highest BCUT2D eigenvalue weighted by molar-refractivity contribution is 9.18. The molecule has 0 bridgehead atoms. The van der Waals surface area contributed by atoms with E-state index < -0.39 is 0 Å². The second-order valence-electron chi connectivity index (χ2n) is 2.21. The molecule has 0 saturated carbocycles. The molecule has 0 rings (SSSR count). The molecule has 10 heavy (non-hydrogen) atoms. The average molecular weight is 228 g/mol. The molecule has 0 aromatic carbocycles. The minimum absolute atomic E-state index is 0.110. The molecule has 0 saturated heterocycles. The standard InChI is InChI=1S/C7H12BrClO/c8-7(10)5-3-1-2-4-6-9/h1-6H2. The molecular weight excluding hydrogens is 215 g/mol. The van der Waals surface area contributed by atoms with E-state index in [0.717, 1.165) is 31.6 Å². The number of halogens is 2. The summed E-state index contributed by atoms with van der Waals surface area (Å²) in [7, 11) is 0. The van der Waals surface area contributed by atoms with Crippen molar-refractivity contribution in [1.82, 2.24) is 0 Å². The van der Waals surface area contributed by atoms with Gasteiger partial charge in [-0.15, -0.1) is 11.6 Å². The molecule has 0 amide bonds. The number of carbonyl (C=O) groups excluding carboxylic acids is 1. The smallest absolute Gasteiger partial charge is 0.197 e. The lowest BCUT2D eigenvalue weighted by atomic mass is 10.2. The fraction of sp³-hybridized carbons (Fsp3) is 0.857. The summed E-state index contributed by atoms with van der Waals surface area (Å²) in [5, 5.41) is 0. The van der Waals surface area contributed by atoms with E-state index in [1.54, 1.807) is 0 Å². The highest BCUT2D eigenvalue weighted by atomic mass is 79.9. The fourth-order valence-corrected chi connectivity index (χ4v) is 1.18. The number of alkyl halides is 1. The summed E-state index contributed by atoms with van der Waals surface area (Å²) in [6, 6.07) is 0. The SMILES string of the molecule is O=C(Br)CCCCCCCl. The Morgan fingerprint density at radius 2 is 1.80 bits per heavy atom. The monoisotopic (exact) mass is 226 g/mol. The van der Waals surface area contributed by atoms with Crippen LogP contribution in [0.2, 0.25) is 0 Å². The molecule has 3 heteroatoms. The molecule has 0 unspecified atom stereocenters. The third kappa shape index (κ3) is 8.44. The normalized spacial score (nSPS) is 9.80. The Morgan fingerprint density at radius 1 is 1.20 bits per heavy atom. The molecule has 0 aliphatic rings. The van der Waals surface area contributed by atoms with Crippen molar-refractivity contribution in [1.29, 1.82) is 0 Å². The van der Waals surface area contributed by atoms with Crippen molar-refractivity contribution < 1.29 is 4.79 Å². The van der Waals surface area contributed by atoms with Crippen molar-refractivity contribution in [3.63, 3.8) is 0 Å². The van der Waals surface area contributed by atoms with Crippen molar-refractivity contribution in [2.45, 2.75) is 32.1 Å². The lowest BCUT2D eigenvalue weighted by molar-refractivity contribution is -0.110. The molecule has 0 spiro atoms. The van der Waals surface area contributed by atoms with E-state index in [1.807, 2.05) is 0 Å². The van der Waals surface area contributed by atoms with Crippen LogP contribution >= 0.6 is 27.5 Å². The zero-order chi connectivity index (χ0) is 7.82. The van der Waals surface area contributed by atoms with Gasteiger partial charge in [0, 0.05) is 12.3 Å². The van der Waals surface area contributed by atoms with Crippen LogP contribution < -0.4 is 0 Å². The van der Waals surface area contributed by atoms with Crippen molar-refractivity contribution in [3.05, 3.63) is 0 Å². The van der Waals surface area contributed by atoms with Crippen LogP contribution in [-0.4, -0.2) is 10.6 Å². The largest absolute Gasteiger partial charge is 0.287 e. The average Bonchev–Trinajstić information content (AvgIpc) is 1.87. The van der Waals surface area contributed by atoms with E-state index in [1.165, 1.54) is 0 Å². The second-order valence-corrected chi connectivity index (χ2v) is 3.47. The van der Waals surface area contributed by atoms with Crippen LogP contribution in [0.3, 0.4) is 0 Å². The predicted octanol–water partition coefficient (Wildman–Crippen LogP) is 3.10. The first-order valence-electron chi connectivity index (χ1n) is 3.51. The van der Waals surface area contributed by atoms with Crippen LogP contribution in [0.15, 0.2) is 0 Å². The molecule has 0 radical (unpaired) electrons. The van der Waals surface area contributed by atoms with Crippen molar-refractivity contribution in [2.24, 2.45) is 0 Å². The van der Waals surface area contributed by atoms with E-state index in [0.29, 0.717) is 6.42 Å². The highest BCUT2D eigenvalue weighted by Crippen LogP contribution is 2.05. The Hall–Kier alpha value is 0.440. The maximum absolute atomic E-state index is 10.4. The molecule has 0 fully saturated rings. The zero-order valence-electron chi connectivity index (χ0n) is 5.91. The van der Waals surface area contributed by atoms with E-state index in [9.17, 15) is 4.79 Å². The molecule has 1 nitrogen and oxygen atoms in total. The Balaban J connectivity index is 2.84. The Bertz CT molecular complexity index is 95.6. The summed E-state index contributed by atoms with van der Waals surface area (Å²) < 4.78 is 0.110. The molecule has 0 atom stereocenters. The summed E-state index contributed by atoms with van der Waals surface area (Å²) in [6.07, 6.45) is 4.97. The van der Waals surface area contributed by atoms with E-state index in [-0.39, 0.29) is 4.69 Å². The van der Waals surface area contributed by atoms with Crippen LogP contribution in [0.1, 0.15) is 32.1 Å². The first-order valence-corrected chi connectivity index (χ1v) is 4.84. The van der Waals surface area contributed by atoms with Gasteiger partial charge in [0.05, 0.1) is 0 Å². The van der Waals surface area contributed by atoms with Gasteiger partial charge >= 0.3 is 0 Å². The van der Waals surface area contributed by atoms with E-state index in [2.05, 4.69) is 15.9 Å². The lowest BCUT2D eigenvalue weighted by Crippen LogP contribution is -1.85. The minimum Gasteiger partial charge on any atom is -0.287 e. The maximum atomic E-state index is 10.4. The van der Waals surface area contributed by atoms with Gasteiger partial charge in [-0.1, -0.05) is 12.8 Å². The minimum atomic E-state index is 0.110. The van der Waals surface area contributed by atoms with Crippen LogP contribution in [0.5, 0.6) is 0 Å². The molecule has 60 valence electrons. The molecular formula is C7H12BrClO. The van der Waals surface area contributed by atoms with Gasteiger partial charge in [0.1, 0.15) is 0 Å². The van der Waals surface area contributed by atoms with Gasteiger partial charge in [-0.25, -0.2) is 0 Å².